The molecule has 1 spiro atoms. The predicted octanol–water partition coefficient (Wildman–Crippen LogP) is 3.87. The minimum atomic E-state index is -1.35. The molecule has 0 aliphatic carbocycles. The van der Waals surface area contributed by atoms with Crippen LogP contribution in [-0.2, 0) is 26.3 Å². The lowest BCUT2D eigenvalue weighted by molar-refractivity contribution is -0.155. The molecule has 8 heterocycles. The maximum absolute atomic E-state index is 14.7. The van der Waals surface area contributed by atoms with Crippen molar-refractivity contribution in [2.45, 2.75) is 74.2 Å². The van der Waals surface area contributed by atoms with Crippen LogP contribution in [0.1, 0.15) is 74.8 Å². The van der Waals surface area contributed by atoms with E-state index >= 15 is 0 Å². The van der Waals surface area contributed by atoms with Gasteiger partial charge in [-0.2, -0.15) is 5.26 Å². The second-order valence-electron chi connectivity index (χ2n) is 15.0. The number of benzene rings is 3. The molecule has 2 bridgehead atoms. The second kappa shape index (κ2) is 11.6. The molecule has 11 rings (SSSR count). The van der Waals surface area contributed by atoms with Crippen molar-refractivity contribution >= 4 is 23.7 Å². The zero-order valence-electron chi connectivity index (χ0n) is 30.2. The van der Waals surface area contributed by atoms with Gasteiger partial charge in [0.1, 0.15) is 18.4 Å². The van der Waals surface area contributed by atoms with Crippen LogP contribution < -0.4 is 29.0 Å². The van der Waals surface area contributed by atoms with E-state index in [4.69, 9.17) is 28.4 Å². The third kappa shape index (κ3) is 4.17. The molecule has 0 aromatic heterocycles. The third-order valence-corrected chi connectivity index (χ3v) is 14.0. The van der Waals surface area contributed by atoms with Crippen LogP contribution in [0.25, 0.3) is 0 Å². The van der Waals surface area contributed by atoms with Gasteiger partial charge in [0.05, 0.1) is 49.7 Å². The van der Waals surface area contributed by atoms with Crippen molar-refractivity contribution in [1.29, 1.82) is 5.26 Å². The number of carbonyl (C=O) groups excluding carboxylic acids is 2. The number of methoxy groups -OCH3 is 2. The van der Waals surface area contributed by atoms with Gasteiger partial charge in [-0.1, -0.05) is 6.07 Å². The summed E-state index contributed by atoms with van der Waals surface area (Å²) in [6.07, 6.45) is 0.568. The Bertz CT molecular complexity index is 2260. The largest absolute Gasteiger partial charge is 0.504 e. The molecule has 3 aromatic rings. The summed E-state index contributed by atoms with van der Waals surface area (Å²) < 4.78 is 36.0. The zero-order valence-corrected chi connectivity index (χ0v) is 31.0. The predicted molar refractivity (Wildman–Crippen MR) is 191 cm³/mol. The number of aromatic hydroxyl groups is 2. The lowest BCUT2D eigenvalue weighted by Crippen LogP contribution is -2.62. The van der Waals surface area contributed by atoms with Crippen LogP contribution in [0, 0.1) is 25.2 Å². The summed E-state index contributed by atoms with van der Waals surface area (Å²) in [5, 5.41) is 36.7. The molecule has 3 saturated heterocycles. The number of phenols is 2. The third-order valence-electron chi connectivity index (χ3n) is 12.5. The highest BCUT2D eigenvalue weighted by Gasteiger charge is 2.73. The smallest absolute Gasteiger partial charge is 0.331 e. The van der Waals surface area contributed by atoms with Crippen molar-refractivity contribution in [1.82, 2.24) is 15.1 Å². The van der Waals surface area contributed by atoms with E-state index in [1.54, 1.807) is 12.1 Å². The Morgan fingerprint density at radius 3 is 2.56 bits per heavy atom. The number of aryl methyl sites for hydroxylation is 1. The Labute approximate surface area is 314 Å². The Morgan fingerprint density at radius 2 is 1.81 bits per heavy atom. The van der Waals surface area contributed by atoms with Gasteiger partial charge in [-0.05, 0) is 54.7 Å². The van der Waals surface area contributed by atoms with E-state index in [0.29, 0.717) is 58.2 Å². The number of phenolic OH excluding ortho intramolecular Hbond substituents is 2. The van der Waals surface area contributed by atoms with E-state index in [0.717, 1.165) is 22.3 Å². The van der Waals surface area contributed by atoms with Crippen LogP contribution in [0.5, 0.6) is 40.2 Å². The van der Waals surface area contributed by atoms with Gasteiger partial charge in [-0.15, -0.1) is 11.8 Å². The van der Waals surface area contributed by atoms with E-state index in [1.165, 1.54) is 32.9 Å². The van der Waals surface area contributed by atoms with E-state index in [9.17, 15) is 25.1 Å². The fraction of sp³-hybridized carbons (Fsp3) is 0.462. The molecule has 3 N–H and O–H groups in total. The molecule has 3 unspecified atom stereocenters. The van der Waals surface area contributed by atoms with Gasteiger partial charge in [0.2, 0.25) is 6.79 Å². The van der Waals surface area contributed by atoms with Crippen LogP contribution in [0.2, 0.25) is 0 Å². The molecule has 0 radical (unpaired) electrons. The molecule has 15 heteroatoms. The van der Waals surface area contributed by atoms with Gasteiger partial charge >= 0.3 is 11.9 Å². The Kier molecular flexibility index (Phi) is 7.21. The van der Waals surface area contributed by atoms with Crippen LogP contribution >= 0.6 is 11.8 Å². The van der Waals surface area contributed by atoms with Gasteiger partial charge in [0.15, 0.2) is 40.0 Å². The van der Waals surface area contributed by atoms with Crippen LogP contribution in [0.15, 0.2) is 18.2 Å². The lowest BCUT2D eigenvalue weighted by atomic mass is 9.76. The number of fused-ring (bicyclic) bond motifs is 9. The number of rotatable bonds is 3. The quantitative estimate of drug-likeness (QED) is 0.200. The Balaban J connectivity index is 1.24. The van der Waals surface area contributed by atoms with E-state index < -0.39 is 46.9 Å². The van der Waals surface area contributed by atoms with E-state index in [-0.39, 0.29) is 48.5 Å². The second-order valence-corrected chi connectivity index (χ2v) is 16.1. The SMILES string of the molecule is COc1cc2c(cc1O)CCN[C@]21CS[C@@H]2c3c(OC(C)=O)c(C)c4c(c3[C@H](COC1=O)N1C2[C@H]2c3c(cc(C)c(OC)c3O)C3[C@@H]([C@@H]1C#N)N32)OCO4. The Morgan fingerprint density at radius 1 is 1.02 bits per heavy atom. The summed E-state index contributed by atoms with van der Waals surface area (Å²) in [4.78, 5) is 32.1. The minimum absolute atomic E-state index is 0.0203. The molecular formula is C39H38N4O10S. The van der Waals surface area contributed by atoms with Gasteiger partial charge in [-0.25, -0.2) is 4.79 Å². The number of esters is 2. The number of hydrogen-bond acceptors (Lipinski definition) is 15. The van der Waals surface area contributed by atoms with Crippen LogP contribution in [-0.4, -0.2) is 90.0 Å². The molecule has 0 saturated carbocycles. The highest BCUT2D eigenvalue weighted by Crippen LogP contribution is 2.72. The van der Waals surface area contributed by atoms with Crippen molar-refractivity contribution in [2.75, 3.05) is 39.9 Å². The number of nitriles is 1. The zero-order chi connectivity index (χ0) is 37.5. The highest BCUT2D eigenvalue weighted by molar-refractivity contribution is 7.99. The molecule has 9 atom stereocenters. The van der Waals surface area contributed by atoms with Gasteiger partial charge < -0.3 is 38.6 Å². The normalized spacial score (nSPS) is 32.0. The summed E-state index contributed by atoms with van der Waals surface area (Å²) in [6.45, 7) is 5.32. The minimum Gasteiger partial charge on any atom is -0.504 e. The fourth-order valence-electron chi connectivity index (χ4n) is 10.4. The number of ether oxygens (including phenoxy) is 6. The average molecular weight is 755 g/mol. The fourth-order valence-corrected chi connectivity index (χ4v) is 12.1. The first-order valence-corrected chi connectivity index (χ1v) is 19.0. The summed E-state index contributed by atoms with van der Waals surface area (Å²) in [6, 6.07) is 5.51. The number of thioether (sulfide) groups is 1. The summed E-state index contributed by atoms with van der Waals surface area (Å²) in [5.41, 5.74) is 4.56. The monoisotopic (exact) mass is 754 g/mol. The number of nitrogens with one attached hydrogen (secondary N) is 1. The first-order valence-electron chi connectivity index (χ1n) is 18.0. The topological polar surface area (TPSA) is 172 Å². The Hall–Kier alpha value is -4.88. The van der Waals surface area contributed by atoms with Gasteiger partial charge in [0.25, 0.3) is 0 Å². The van der Waals surface area contributed by atoms with E-state index in [1.807, 2.05) is 13.8 Å². The molecule has 54 heavy (non-hydrogen) atoms. The molecule has 8 aliphatic heterocycles. The van der Waals surface area contributed by atoms with Crippen LogP contribution in [0.3, 0.4) is 0 Å². The first-order chi connectivity index (χ1) is 26.1. The number of piperazine rings is 1. The first kappa shape index (κ1) is 33.7. The molecular weight excluding hydrogens is 717 g/mol. The number of nitrogens with zero attached hydrogens (tertiary/aromatic N) is 3. The molecule has 14 nitrogen and oxygen atoms in total. The van der Waals surface area contributed by atoms with Crippen molar-refractivity contribution in [3.63, 3.8) is 0 Å². The van der Waals surface area contributed by atoms with Crippen molar-refractivity contribution in [2.24, 2.45) is 0 Å². The maximum atomic E-state index is 14.7. The van der Waals surface area contributed by atoms with Crippen molar-refractivity contribution in [3.05, 3.63) is 62.7 Å². The van der Waals surface area contributed by atoms with Crippen molar-refractivity contribution < 1.29 is 48.2 Å². The average Bonchev–Trinajstić information content (AvgIpc) is 3.49. The van der Waals surface area contributed by atoms with Gasteiger partial charge in [-0.3, -0.25) is 19.9 Å². The standard InChI is InChI=1S/C39H38N4O10S/c1-15-8-19-25(32(46)33(15)49-5)30-31-37-27-26(36-35(51-14-52-36)16(2)34(27)53-17(3)44)22(42(31)21(11-40)29-28(19)43(29)30)12-50-38(47)39(13-54-37)20-10-24(48-4)23(45)9-18(20)6-7-41-39/h8-10,21-22,28-31,37,41,45-46H,6-7,12-14H2,1-5H3/t21-,22-,28?,29+,30+,31?,37+,39+,43?/m0/s1. The van der Waals surface area contributed by atoms with Crippen molar-refractivity contribution in [3.8, 4) is 46.3 Å². The lowest BCUT2D eigenvalue weighted by Gasteiger charge is -2.55. The number of hydrogen-bond donors (Lipinski definition) is 3. The highest BCUT2D eigenvalue weighted by atomic mass is 32.2. The molecule has 3 fully saturated rings. The molecule has 8 aliphatic rings. The molecule has 280 valence electrons. The summed E-state index contributed by atoms with van der Waals surface area (Å²) in [5.74, 6) is 1.07. The van der Waals surface area contributed by atoms with Crippen LogP contribution in [0.4, 0.5) is 0 Å². The van der Waals surface area contributed by atoms with Gasteiger partial charge in [0, 0.05) is 47.5 Å². The molecule has 3 aromatic carbocycles. The summed E-state index contributed by atoms with van der Waals surface area (Å²) in [7, 11) is 3.00. The molecule has 0 amide bonds. The summed E-state index contributed by atoms with van der Waals surface area (Å²) >= 11 is 1.49. The van der Waals surface area contributed by atoms with E-state index in [2.05, 4.69) is 27.3 Å². The number of carbonyl (C=O) groups is 2. The maximum Gasteiger partial charge on any atom is 0.331 e.